The van der Waals surface area contributed by atoms with E-state index < -0.39 is 0 Å². The molecule has 1 aromatic heterocycles. The van der Waals surface area contributed by atoms with Gasteiger partial charge in [-0.05, 0) is 31.9 Å². The third kappa shape index (κ3) is 4.49. The number of amides is 1. The number of piperidine rings is 1. The van der Waals surface area contributed by atoms with Gasteiger partial charge < -0.3 is 10.6 Å². The molecule has 1 aliphatic rings. The van der Waals surface area contributed by atoms with Crippen LogP contribution in [0.25, 0.3) is 0 Å². The van der Waals surface area contributed by atoms with Gasteiger partial charge in [-0.15, -0.1) is 0 Å². The molecule has 1 amide bonds. The summed E-state index contributed by atoms with van der Waals surface area (Å²) in [6.07, 6.45) is 8.99. The van der Waals surface area contributed by atoms with Crippen molar-refractivity contribution in [1.82, 2.24) is 20.4 Å². The van der Waals surface area contributed by atoms with Crippen LogP contribution in [0.15, 0.2) is 18.5 Å². The van der Waals surface area contributed by atoms with Gasteiger partial charge in [0.15, 0.2) is 0 Å². The van der Waals surface area contributed by atoms with E-state index in [2.05, 4.69) is 15.7 Å². The molecule has 1 atom stereocenters. The minimum absolute atomic E-state index is 0.148. The summed E-state index contributed by atoms with van der Waals surface area (Å²) in [5, 5.41) is 10.5. The molecule has 0 bridgehead atoms. The highest BCUT2D eigenvalue weighted by Crippen LogP contribution is 2.11. The molecular weight excluding hydrogens is 228 g/mol. The Morgan fingerprint density at radius 2 is 2.44 bits per heavy atom. The van der Waals surface area contributed by atoms with Crippen molar-refractivity contribution < 1.29 is 4.79 Å². The lowest BCUT2D eigenvalue weighted by atomic mass is 10.0. The quantitative estimate of drug-likeness (QED) is 0.789. The van der Waals surface area contributed by atoms with Crippen molar-refractivity contribution in [2.75, 3.05) is 13.1 Å². The van der Waals surface area contributed by atoms with Crippen molar-refractivity contribution in [1.29, 1.82) is 0 Å². The van der Waals surface area contributed by atoms with E-state index in [1.165, 1.54) is 19.3 Å². The lowest BCUT2D eigenvalue weighted by Crippen LogP contribution is -2.35. The Hall–Kier alpha value is -1.36. The lowest BCUT2D eigenvalue weighted by molar-refractivity contribution is -0.121. The molecule has 2 N–H and O–H groups in total. The fraction of sp³-hybridized carbons (Fsp3) is 0.692. The van der Waals surface area contributed by atoms with Crippen molar-refractivity contribution in [3.63, 3.8) is 0 Å². The van der Waals surface area contributed by atoms with Gasteiger partial charge in [-0.25, -0.2) is 0 Å². The maximum absolute atomic E-state index is 11.6. The average molecular weight is 250 g/mol. The van der Waals surface area contributed by atoms with Crippen LogP contribution in [0, 0.1) is 0 Å². The monoisotopic (exact) mass is 250 g/mol. The average Bonchev–Trinajstić information content (AvgIpc) is 2.91. The Balaban J connectivity index is 1.54. The predicted octanol–water partition coefficient (Wildman–Crippen LogP) is 0.922. The summed E-state index contributed by atoms with van der Waals surface area (Å²) < 4.78 is 1.82. The van der Waals surface area contributed by atoms with Gasteiger partial charge in [-0.1, -0.05) is 6.42 Å². The first-order valence-electron chi connectivity index (χ1n) is 6.82. The van der Waals surface area contributed by atoms with Gasteiger partial charge in [0.2, 0.25) is 5.91 Å². The molecule has 2 rings (SSSR count). The second-order valence-corrected chi connectivity index (χ2v) is 4.80. The first-order valence-corrected chi connectivity index (χ1v) is 6.82. The minimum atomic E-state index is 0.148. The predicted molar refractivity (Wildman–Crippen MR) is 70.1 cm³/mol. The first-order chi connectivity index (χ1) is 8.84. The number of rotatable bonds is 6. The van der Waals surface area contributed by atoms with E-state index in [1.54, 1.807) is 6.20 Å². The summed E-state index contributed by atoms with van der Waals surface area (Å²) in [5.41, 5.74) is 0. The van der Waals surface area contributed by atoms with Crippen molar-refractivity contribution in [3.05, 3.63) is 18.5 Å². The fourth-order valence-electron chi connectivity index (χ4n) is 2.31. The van der Waals surface area contributed by atoms with Gasteiger partial charge in [0, 0.05) is 31.4 Å². The molecule has 5 heteroatoms. The van der Waals surface area contributed by atoms with Crippen LogP contribution in [-0.4, -0.2) is 34.8 Å². The Kier molecular flexibility index (Phi) is 5.20. The number of carbonyl (C=O) groups excluding carboxylic acids is 1. The highest BCUT2D eigenvalue weighted by atomic mass is 16.1. The maximum atomic E-state index is 11.6. The van der Waals surface area contributed by atoms with Gasteiger partial charge in [-0.2, -0.15) is 5.10 Å². The summed E-state index contributed by atoms with van der Waals surface area (Å²) in [6, 6.07) is 2.42. The standard InChI is InChI=1S/C13H22N4O/c18-13(6-5-12-4-1-2-7-14-12)15-9-11-17-10-3-8-16-17/h3,8,10,12,14H,1-2,4-7,9,11H2,(H,15,18). The van der Waals surface area contributed by atoms with Crippen molar-refractivity contribution in [2.24, 2.45) is 0 Å². The second kappa shape index (κ2) is 7.16. The molecule has 0 spiro atoms. The molecule has 0 aromatic carbocycles. The maximum Gasteiger partial charge on any atom is 0.220 e. The molecule has 18 heavy (non-hydrogen) atoms. The smallest absolute Gasteiger partial charge is 0.220 e. The zero-order valence-corrected chi connectivity index (χ0v) is 10.8. The van der Waals surface area contributed by atoms with Crippen LogP contribution in [0.2, 0.25) is 0 Å². The molecule has 0 aliphatic carbocycles. The molecule has 1 aromatic rings. The number of nitrogens with zero attached hydrogens (tertiary/aromatic N) is 2. The highest BCUT2D eigenvalue weighted by Gasteiger charge is 2.13. The summed E-state index contributed by atoms with van der Waals surface area (Å²) in [6.45, 7) is 2.49. The van der Waals surface area contributed by atoms with E-state index in [0.717, 1.165) is 19.5 Å². The van der Waals surface area contributed by atoms with Crippen LogP contribution >= 0.6 is 0 Å². The summed E-state index contributed by atoms with van der Waals surface area (Å²) >= 11 is 0. The SMILES string of the molecule is O=C(CCC1CCCCN1)NCCn1cccn1. The van der Waals surface area contributed by atoms with E-state index in [0.29, 0.717) is 19.0 Å². The molecule has 5 nitrogen and oxygen atoms in total. The molecule has 2 heterocycles. The minimum Gasteiger partial charge on any atom is -0.354 e. The van der Waals surface area contributed by atoms with Gasteiger partial charge in [0.1, 0.15) is 0 Å². The van der Waals surface area contributed by atoms with Crippen LogP contribution in [0.5, 0.6) is 0 Å². The Bertz CT molecular complexity index is 344. The van der Waals surface area contributed by atoms with Crippen molar-refractivity contribution in [3.8, 4) is 0 Å². The van der Waals surface area contributed by atoms with Gasteiger partial charge in [-0.3, -0.25) is 9.48 Å². The topological polar surface area (TPSA) is 59.0 Å². The van der Waals surface area contributed by atoms with Crippen molar-refractivity contribution >= 4 is 5.91 Å². The normalized spacial score (nSPS) is 19.7. The highest BCUT2D eigenvalue weighted by molar-refractivity contribution is 5.75. The molecule has 0 saturated carbocycles. The zero-order chi connectivity index (χ0) is 12.6. The molecule has 1 saturated heterocycles. The lowest BCUT2D eigenvalue weighted by Gasteiger charge is -2.23. The van der Waals surface area contributed by atoms with Gasteiger partial charge in [0.25, 0.3) is 0 Å². The molecule has 1 aliphatic heterocycles. The number of nitrogens with one attached hydrogen (secondary N) is 2. The third-order valence-electron chi connectivity index (χ3n) is 3.35. The first kappa shape index (κ1) is 13.1. The van der Waals surface area contributed by atoms with Crippen LogP contribution in [0.3, 0.4) is 0 Å². The third-order valence-corrected chi connectivity index (χ3v) is 3.35. The molecular formula is C13H22N4O. The van der Waals surface area contributed by atoms with Crippen LogP contribution in [0.1, 0.15) is 32.1 Å². The summed E-state index contributed by atoms with van der Waals surface area (Å²) in [7, 11) is 0. The Labute approximate surface area is 108 Å². The zero-order valence-electron chi connectivity index (χ0n) is 10.8. The van der Waals surface area contributed by atoms with E-state index >= 15 is 0 Å². The molecule has 0 radical (unpaired) electrons. The van der Waals surface area contributed by atoms with Crippen LogP contribution in [0.4, 0.5) is 0 Å². The van der Waals surface area contributed by atoms with E-state index in [1.807, 2.05) is 16.9 Å². The van der Waals surface area contributed by atoms with Gasteiger partial charge >= 0.3 is 0 Å². The number of hydrogen-bond donors (Lipinski definition) is 2. The fourth-order valence-corrected chi connectivity index (χ4v) is 2.31. The van der Waals surface area contributed by atoms with Crippen LogP contribution < -0.4 is 10.6 Å². The molecule has 1 unspecified atom stereocenters. The van der Waals surface area contributed by atoms with Crippen molar-refractivity contribution in [2.45, 2.75) is 44.7 Å². The second-order valence-electron chi connectivity index (χ2n) is 4.80. The largest absolute Gasteiger partial charge is 0.354 e. The molecule has 100 valence electrons. The number of carbonyl (C=O) groups is 1. The van der Waals surface area contributed by atoms with E-state index in [4.69, 9.17) is 0 Å². The van der Waals surface area contributed by atoms with Gasteiger partial charge in [0.05, 0.1) is 6.54 Å². The Morgan fingerprint density at radius 1 is 1.50 bits per heavy atom. The summed E-state index contributed by atoms with van der Waals surface area (Å²) in [5.74, 6) is 0.148. The Morgan fingerprint density at radius 3 is 3.17 bits per heavy atom. The molecule has 1 fully saturated rings. The summed E-state index contributed by atoms with van der Waals surface area (Å²) in [4.78, 5) is 11.6. The van der Waals surface area contributed by atoms with E-state index in [9.17, 15) is 4.79 Å². The number of hydrogen-bond acceptors (Lipinski definition) is 3. The van der Waals surface area contributed by atoms with E-state index in [-0.39, 0.29) is 5.91 Å². The number of aromatic nitrogens is 2. The van der Waals surface area contributed by atoms with Crippen LogP contribution in [-0.2, 0) is 11.3 Å².